The Balaban J connectivity index is 1.85. The quantitative estimate of drug-likeness (QED) is 0.494. The van der Waals surface area contributed by atoms with Crippen molar-refractivity contribution in [2.24, 2.45) is 11.3 Å². The van der Waals surface area contributed by atoms with Gasteiger partial charge in [0.25, 0.3) is 0 Å². The van der Waals surface area contributed by atoms with Crippen LogP contribution >= 0.6 is 0 Å². The fraction of sp³-hybridized carbons (Fsp3) is 0.462. The third-order valence-electron chi connectivity index (χ3n) is 5.73. The zero-order valence-electron chi connectivity index (χ0n) is 16.8. The molecule has 1 fully saturated rings. The maximum atomic E-state index is 2.37. The van der Waals surface area contributed by atoms with E-state index in [0.29, 0.717) is 5.41 Å². The van der Waals surface area contributed by atoms with Crippen LogP contribution in [0.1, 0.15) is 76.8 Å². The lowest BCUT2D eigenvalue weighted by Gasteiger charge is -2.22. The molecule has 0 nitrogen and oxygen atoms in total. The Morgan fingerprint density at radius 2 is 1.38 bits per heavy atom. The second-order valence-corrected chi connectivity index (χ2v) is 9.11. The first-order chi connectivity index (χ1) is 12.5. The summed E-state index contributed by atoms with van der Waals surface area (Å²) in [4.78, 5) is 0. The molecule has 1 unspecified atom stereocenters. The van der Waals surface area contributed by atoms with Gasteiger partial charge in [0.1, 0.15) is 0 Å². The van der Waals surface area contributed by atoms with Gasteiger partial charge in [0, 0.05) is 0 Å². The fourth-order valence-corrected chi connectivity index (χ4v) is 4.21. The van der Waals surface area contributed by atoms with Crippen LogP contribution < -0.4 is 0 Å². The highest BCUT2D eigenvalue weighted by Gasteiger charge is 2.20. The molecule has 26 heavy (non-hydrogen) atoms. The minimum atomic E-state index is 0.463. The van der Waals surface area contributed by atoms with Crippen molar-refractivity contribution in [2.45, 2.75) is 65.7 Å². The van der Waals surface area contributed by atoms with Gasteiger partial charge < -0.3 is 0 Å². The summed E-state index contributed by atoms with van der Waals surface area (Å²) in [6.07, 6.45) is 9.35. The lowest BCUT2D eigenvalue weighted by atomic mass is 9.84. The average Bonchev–Trinajstić information content (AvgIpc) is 2.87. The van der Waals surface area contributed by atoms with Gasteiger partial charge in [-0.1, -0.05) is 93.4 Å². The molecule has 0 amide bonds. The molecule has 138 valence electrons. The van der Waals surface area contributed by atoms with E-state index in [4.69, 9.17) is 0 Å². The van der Waals surface area contributed by atoms with Crippen LogP contribution in [0.3, 0.4) is 0 Å². The predicted molar refractivity (Wildman–Crippen MR) is 114 cm³/mol. The van der Waals surface area contributed by atoms with E-state index in [1.165, 1.54) is 61.6 Å². The summed E-state index contributed by atoms with van der Waals surface area (Å²) in [6, 6.07) is 22.0. The standard InChI is InChI=1S/C26H34/c1-26(2,3)20-19-21-11-10-16-24(18-17-21)25(22-12-6-4-7-13-22)23-14-8-5-9-15-23/h4-9,12-15,21H,10-11,16-20H2,1-3H3. The second kappa shape index (κ2) is 8.71. The van der Waals surface area contributed by atoms with Gasteiger partial charge in [0.15, 0.2) is 0 Å². The summed E-state index contributed by atoms with van der Waals surface area (Å²) in [5.74, 6) is 0.902. The molecular formula is C26H34. The Kier molecular flexibility index (Phi) is 6.35. The zero-order chi connectivity index (χ0) is 18.4. The largest absolute Gasteiger partial charge is 0.0622 e. The highest BCUT2D eigenvalue weighted by molar-refractivity contribution is 5.82. The van der Waals surface area contributed by atoms with Gasteiger partial charge in [-0.3, -0.25) is 0 Å². The van der Waals surface area contributed by atoms with Crippen molar-refractivity contribution < 1.29 is 0 Å². The Hall–Kier alpha value is -1.82. The SMILES string of the molecule is CC(C)(C)CCC1CCCC(=C(c2ccccc2)c2ccccc2)CC1. The third-order valence-corrected chi connectivity index (χ3v) is 5.73. The maximum absolute atomic E-state index is 2.37. The van der Waals surface area contributed by atoms with Crippen LogP contribution in [0.15, 0.2) is 66.2 Å². The van der Waals surface area contributed by atoms with Crippen LogP contribution in [0.5, 0.6) is 0 Å². The summed E-state index contributed by atoms with van der Waals surface area (Å²) >= 11 is 0. The molecule has 1 saturated carbocycles. The van der Waals surface area contributed by atoms with E-state index in [0.717, 1.165) is 5.92 Å². The van der Waals surface area contributed by atoms with Crippen molar-refractivity contribution in [3.8, 4) is 0 Å². The Morgan fingerprint density at radius 3 is 1.92 bits per heavy atom. The second-order valence-electron chi connectivity index (χ2n) is 9.11. The number of allylic oxidation sites excluding steroid dienone is 1. The first-order valence-corrected chi connectivity index (χ1v) is 10.4. The summed E-state index contributed by atoms with van der Waals surface area (Å²) in [7, 11) is 0. The van der Waals surface area contributed by atoms with Crippen LogP contribution in [-0.2, 0) is 0 Å². The molecule has 0 heteroatoms. The number of benzene rings is 2. The predicted octanol–water partition coefficient (Wildman–Crippen LogP) is 7.90. The van der Waals surface area contributed by atoms with Gasteiger partial charge >= 0.3 is 0 Å². The topological polar surface area (TPSA) is 0 Å². The Bertz CT molecular complexity index is 659. The normalized spacial score (nSPS) is 18.4. The van der Waals surface area contributed by atoms with Crippen molar-refractivity contribution in [1.29, 1.82) is 0 Å². The molecule has 1 aliphatic carbocycles. The van der Waals surface area contributed by atoms with Crippen molar-refractivity contribution in [3.63, 3.8) is 0 Å². The zero-order valence-corrected chi connectivity index (χ0v) is 16.8. The van der Waals surface area contributed by atoms with Crippen LogP contribution in [0.2, 0.25) is 0 Å². The van der Waals surface area contributed by atoms with E-state index in [2.05, 4.69) is 81.4 Å². The monoisotopic (exact) mass is 346 g/mol. The summed E-state index contributed by atoms with van der Waals surface area (Å²) in [6.45, 7) is 7.12. The van der Waals surface area contributed by atoms with E-state index in [-0.39, 0.29) is 0 Å². The van der Waals surface area contributed by atoms with Crippen molar-refractivity contribution >= 4 is 5.57 Å². The van der Waals surface area contributed by atoms with Gasteiger partial charge in [-0.2, -0.15) is 0 Å². The smallest absolute Gasteiger partial charge is 0.0119 e. The van der Waals surface area contributed by atoms with Gasteiger partial charge in [-0.05, 0) is 66.6 Å². The first-order valence-electron chi connectivity index (χ1n) is 10.4. The van der Waals surface area contributed by atoms with E-state index in [1.807, 2.05) is 0 Å². The molecule has 0 spiro atoms. The number of rotatable bonds is 4. The van der Waals surface area contributed by atoms with Gasteiger partial charge in [0.05, 0.1) is 0 Å². The van der Waals surface area contributed by atoms with E-state index in [9.17, 15) is 0 Å². The van der Waals surface area contributed by atoms with Gasteiger partial charge in [-0.25, -0.2) is 0 Å². The molecular weight excluding hydrogens is 312 g/mol. The Labute approximate surface area is 160 Å². The lowest BCUT2D eigenvalue weighted by molar-refractivity contribution is 0.306. The minimum absolute atomic E-state index is 0.463. The maximum Gasteiger partial charge on any atom is -0.0119 e. The van der Waals surface area contributed by atoms with Crippen LogP contribution in [0.4, 0.5) is 0 Å². The Morgan fingerprint density at radius 1 is 0.808 bits per heavy atom. The molecule has 2 aromatic carbocycles. The fourth-order valence-electron chi connectivity index (χ4n) is 4.21. The van der Waals surface area contributed by atoms with E-state index >= 15 is 0 Å². The molecule has 0 aromatic heterocycles. The minimum Gasteiger partial charge on any atom is -0.0622 e. The van der Waals surface area contributed by atoms with Crippen LogP contribution in [-0.4, -0.2) is 0 Å². The number of hydrogen-bond acceptors (Lipinski definition) is 0. The van der Waals surface area contributed by atoms with E-state index in [1.54, 1.807) is 5.57 Å². The molecule has 1 atom stereocenters. The molecule has 0 aliphatic heterocycles. The average molecular weight is 347 g/mol. The molecule has 0 N–H and O–H groups in total. The first kappa shape index (κ1) is 19.0. The van der Waals surface area contributed by atoms with Crippen molar-refractivity contribution in [1.82, 2.24) is 0 Å². The molecule has 0 bridgehead atoms. The van der Waals surface area contributed by atoms with Crippen LogP contribution in [0.25, 0.3) is 5.57 Å². The summed E-state index contributed by atoms with van der Waals surface area (Å²) in [5.41, 5.74) is 6.37. The highest BCUT2D eigenvalue weighted by Crippen LogP contribution is 2.38. The number of hydrogen-bond donors (Lipinski definition) is 0. The third kappa shape index (κ3) is 5.34. The molecule has 0 heterocycles. The van der Waals surface area contributed by atoms with Gasteiger partial charge in [0.2, 0.25) is 0 Å². The summed E-state index contributed by atoms with van der Waals surface area (Å²) < 4.78 is 0. The summed E-state index contributed by atoms with van der Waals surface area (Å²) in [5, 5.41) is 0. The molecule has 3 rings (SSSR count). The van der Waals surface area contributed by atoms with Gasteiger partial charge in [-0.15, -0.1) is 0 Å². The van der Waals surface area contributed by atoms with E-state index < -0.39 is 0 Å². The van der Waals surface area contributed by atoms with Crippen molar-refractivity contribution in [2.75, 3.05) is 0 Å². The molecule has 0 saturated heterocycles. The molecule has 0 radical (unpaired) electrons. The van der Waals surface area contributed by atoms with Crippen molar-refractivity contribution in [3.05, 3.63) is 77.4 Å². The van der Waals surface area contributed by atoms with Crippen LogP contribution in [0, 0.1) is 11.3 Å². The highest BCUT2D eigenvalue weighted by atomic mass is 14.3. The molecule has 2 aromatic rings. The lowest BCUT2D eigenvalue weighted by Crippen LogP contribution is -2.09. The molecule has 1 aliphatic rings.